The van der Waals surface area contributed by atoms with E-state index < -0.39 is 29.3 Å². The van der Waals surface area contributed by atoms with Crippen molar-refractivity contribution in [2.45, 2.75) is 20.0 Å². The van der Waals surface area contributed by atoms with Crippen molar-refractivity contribution in [2.24, 2.45) is 17.6 Å². The molecule has 1 rings (SSSR count). The highest BCUT2D eigenvalue weighted by Crippen LogP contribution is 2.36. The van der Waals surface area contributed by atoms with Gasteiger partial charge in [-0.1, -0.05) is 13.8 Å². The minimum atomic E-state index is -1.74. The zero-order valence-electron chi connectivity index (χ0n) is 9.68. The van der Waals surface area contributed by atoms with Crippen LogP contribution >= 0.6 is 15.9 Å². The van der Waals surface area contributed by atoms with Crippen LogP contribution in [0, 0.1) is 23.5 Å². The molecule has 1 aromatic carbocycles. The second-order valence-corrected chi connectivity index (χ2v) is 5.16. The fourth-order valence-electron chi connectivity index (χ4n) is 1.74. The fraction of sp³-hybridized carbons (Fsp3) is 0.500. The number of nitrogens with two attached hydrogens (primary N) is 1. The van der Waals surface area contributed by atoms with E-state index in [1.807, 2.05) is 0 Å². The maximum absolute atomic E-state index is 14.2. The third-order valence-corrected chi connectivity index (χ3v) is 3.47. The van der Waals surface area contributed by atoms with Gasteiger partial charge in [-0.3, -0.25) is 0 Å². The second kappa shape index (κ2) is 5.87. The van der Waals surface area contributed by atoms with Gasteiger partial charge in [-0.15, -0.1) is 0 Å². The first-order valence-corrected chi connectivity index (χ1v) is 6.17. The van der Waals surface area contributed by atoms with Crippen LogP contribution < -0.4 is 5.73 Å². The van der Waals surface area contributed by atoms with E-state index in [1.165, 1.54) is 6.07 Å². The molecule has 0 bridgehead atoms. The van der Waals surface area contributed by atoms with Crippen molar-refractivity contribution in [3.05, 3.63) is 33.8 Å². The Hall–Kier alpha value is -0.550. The summed E-state index contributed by atoms with van der Waals surface area (Å²) in [5, 5.41) is 0. The monoisotopic (exact) mass is 309 g/mol. The van der Waals surface area contributed by atoms with Gasteiger partial charge in [0.05, 0.1) is 10.0 Å². The normalized spacial score (nSPS) is 15.1. The van der Waals surface area contributed by atoms with Crippen LogP contribution in [0.2, 0.25) is 0 Å². The molecule has 0 aromatic heterocycles. The van der Waals surface area contributed by atoms with E-state index in [1.54, 1.807) is 13.8 Å². The first kappa shape index (κ1) is 14.5. The zero-order chi connectivity index (χ0) is 13.2. The Labute approximate surface area is 107 Å². The minimum absolute atomic E-state index is 0.0459. The Morgan fingerprint density at radius 2 is 1.88 bits per heavy atom. The van der Waals surface area contributed by atoms with E-state index in [-0.39, 0.29) is 16.9 Å². The summed E-state index contributed by atoms with van der Waals surface area (Å²) >= 11 is 2.92. The van der Waals surface area contributed by atoms with Crippen LogP contribution in [0.3, 0.4) is 0 Å². The first-order valence-electron chi connectivity index (χ1n) is 5.37. The molecular formula is C12H15BrF3N. The van der Waals surface area contributed by atoms with Gasteiger partial charge in [0.2, 0.25) is 0 Å². The van der Waals surface area contributed by atoms with Gasteiger partial charge in [-0.2, -0.15) is 0 Å². The molecule has 0 amide bonds. The average molecular weight is 310 g/mol. The van der Waals surface area contributed by atoms with Crippen LogP contribution in [0.1, 0.15) is 25.6 Å². The highest BCUT2D eigenvalue weighted by molar-refractivity contribution is 9.10. The van der Waals surface area contributed by atoms with Gasteiger partial charge in [0.15, 0.2) is 0 Å². The lowest BCUT2D eigenvalue weighted by Crippen LogP contribution is -2.25. The molecular weight excluding hydrogens is 295 g/mol. The minimum Gasteiger partial charge on any atom is -0.330 e. The molecule has 1 aromatic rings. The molecule has 2 unspecified atom stereocenters. The van der Waals surface area contributed by atoms with Crippen molar-refractivity contribution in [1.82, 2.24) is 0 Å². The summed E-state index contributed by atoms with van der Waals surface area (Å²) in [4.78, 5) is 0. The fourth-order valence-corrected chi connectivity index (χ4v) is 2.08. The largest absolute Gasteiger partial charge is 0.330 e. The smallest absolute Gasteiger partial charge is 0.146 e. The Morgan fingerprint density at radius 1 is 1.29 bits per heavy atom. The average Bonchev–Trinajstić information content (AvgIpc) is 2.24. The molecule has 0 saturated heterocycles. The predicted molar refractivity (Wildman–Crippen MR) is 65.3 cm³/mol. The topological polar surface area (TPSA) is 26.0 Å². The van der Waals surface area contributed by atoms with E-state index in [0.717, 1.165) is 6.07 Å². The Morgan fingerprint density at radius 3 is 2.35 bits per heavy atom. The highest BCUT2D eigenvalue weighted by atomic mass is 79.9. The number of alkyl halides is 1. The summed E-state index contributed by atoms with van der Waals surface area (Å²) < 4.78 is 41.4. The van der Waals surface area contributed by atoms with Gasteiger partial charge in [0.1, 0.15) is 17.8 Å². The maximum Gasteiger partial charge on any atom is 0.146 e. The maximum atomic E-state index is 14.2. The number of hydrogen-bond donors (Lipinski definition) is 1. The van der Waals surface area contributed by atoms with Gasteiger partial charge < -0.3 is 5.73 Å². The summed E-state index contributed by atoms with van der Waals surface area (Å²) in [6, 6.07) is 2.26. The quantitative estimate of drug-likeness (QED) is 0.837. The molecule has 5 heteroatoms. The first-order chi connectivity index (χ1) is 7.90. The molecule has 0 aliphatic heterocycles. The van der Waals surface area contributed by atoms with Crippen molar-refractivity contribution < 1.29 is 13.2 Å². The standard InChI is InChI=1S/C12H15BrF3N/c1-6(2)7(5-17)11(15)10-9(14)4-3-8(13)12(10)16/h3-4,6-7,11H,5,17H2,1-2H3. The molecule has 0 fully saturated rings. The van der Waals surface area contributed by atoms with Gasteiger partial charge in [-0.25, -0.2) is 13.2 Å². The van der Waals surface area contributed by atoms with Gasteiger partial charge in [0.25, 0.3) is 0 Å². The van der Waals surface area contributed by atoms with Crippen molar-refractivity contribution in [1.29, 1.82) is 0 Å². The third kappa shape index (κ3) is 3.01. The van der Waals surface area contributed by atoms with Crippen LogP contribution in [0.4, 0.5) is 13.2 Å². The Kier molecular flexibility index (Phi) is 5.01. The highest BCUT2D eigenvalue weighted by Gasteiger charge is 2.30. The van der Waals surface area contributed by atoms with Crippen LogP contribution in [0.5, 0.6) is 0 Å². The third-order valence-electron chi connectivity index (χ3n) is 2.86. The van der Waals surface area contributed by atoms with Gasteiger partial charge in [0, 0.05) is 5.92 Å². The molecule has 0 saturated carbocycles. The molecule has 96 valence electrons. The summed E-state index contributed by atoms with van der Waals surface area (Å²) in [7, 11) is 0. The summed E-state index contributed by atoms with van der Waals surface area (Å²) in [5.41, 5.74) is 4.92. The summed E-state index contributed by atoms with van der Waals surface area (Å²) in [6.07, 6.45) is -1.74. The second-order valence-electron chi connectivity index (χ2n) is 4.30. The molecule has 0 aliphatic carbocycles. The lowest BCUT2D eigenvalue weighted by molar-refractivity contribution is 0.179. The Balaban J connectivity index is 3.19. The summed E-state index contributed by atoms with van der Waals surface area (Å²) in [5.74, 6) is -2.46. The van der Waals surface area contributed by atoms with E-state index >= 15 is 0 Å². The van der Waals surface area contributed by atoms with Crippen LogP contribution in [-0.4, -0.2) is 6.54 Å². The molecule has 1 nitrogen and oxygen atoms in total. The van der Waals surface area contributed by atoms with Crippen LogP contribution in [-0.2, 0) is 0 Å². The number of benzene rings is 1. The van der Waals surface area contributed by atoms with E-state index in [2.05, 4.69) is 15.9 Å². The number of hydrogen-bond acceptors (Lipinski definition) is 1. The zero-order valence-corrected chi connectivity index (χ0v) is 11.3. The number of halogens is 4. The van der Waals surface area contributed by atoms with Crippen LogP contribution in [0.25, 0.3) is 0 Å². The van der Waals surface area contributed by atoms with Gasteiger partial charge >= 0.3 is 0 Å². The predicted octanol–water partition coefficient (Wildman–Crippen LogP) is 3.97. The molecule has 17 heavy (non-hydrogen) atoms. The molecule has 0 heterocycles. The molecule has 0 radical (unpaired) electrons. The van der Waals surface area contributed by atoms with Crippen molar-refractivity contribution in [3.8, 4) is 0 Å². The molecule has 2 N–H and O–H groups in total. The van der Waals surface area contributed by atoms with E-state index in [4.69, 9.17) is 5.73 Å². The van der Waals surface area contributed by atoms with Crippen molar-refractivity contribution in [2.75, 3.05) is 6.54 Å². The summed E-state index contributed by atoms with van der Waals surface area (Å²) in [6.45, 7) is 3.60. The molecule has 2 atom stereocenters. The van der Waals surface area contributed by atoms with Gasteiger partial charge in [-0.05, 0) is 40.5 Å². The number of rotatable bonds is 4. The van der Waals surface area contributed by atoms with E-state index in [9.17, 15) is 13.2 Å². The Bertz CT molecular complexity index is 396. The lowest BCUT2D eigenvalue weighted by Gasteiger charge is -2.24. The van der Waals surface area contributed by atoms with Crippen molar-refractivity contribution >= 4 is 15.9 Å². The van der Waals surface area contributed by atoms with Crippen molar-refractivity contribution in [3.63, 3.8) is 0 Å². The van der Waals surface area contributed by atoms with E-state index in [0.29, 0.717) is 0 Å². The SMILES string of the molecule is CC(C)C(CN)C(F)c1c(F)ccc(Br)c1F. The molecule has 0 spiro atoms. The lowest BCUT2D eigenvalue weighted by atomic mass is 9.87. The van der Waals surface area contributed by atoms with Crippen LogP contribution in [0.15, 0.2) is 16.6 Å². The molecule has 0 aliphatic rings.